The summed E-state index contributed by atoms with van der Waals surface area (Å²) in [7, 11) is 2.83. The molecule has 104 valence electrons. The molecule has 0 aliphatic heterocycles. The minimum atomic E-state index is -1.57. The molecular weight excluding hydrogens is 276 g/mol. The molecule has 2 N–H and O–H groups in total. The summed E-state index contributed by atoms with van der Waals surface area (Å²) in [6, 6.07) is 3.02. The maximum Gasteiger partial charge on any atom is 0.318 e. The first-order valence-corrected chi connectivity index (χ1v) is 5.64. The Morgan fingerprint density at radius 1 is 1.21 bits per heavy atom. The molecule has 0 heterocycles. The van der Waals surface area contributed by atoms with Crippen molar-refractivity contribution >= 4 is 23.5 Å². The van der Waals surface area contributed by atoms with Crippen LogP contribution in [0.5, 0.6) is 11.5 Å². The molecule has 0 saturated carbocycles. The van der Waals surface area contributed by atoms with E-state index >= 15 is 0 Å². The molecule has 0 unspecified atom stereocenters. The van der Waals surface area contributed by atoms with Crippen LogP contribution >= 0.6 is 11.6 Å². The second-order valence-corrected chi connectivity index (χ2v) is 4.11. The van der Waals surface area contributed by atoms with Gasteiger partial charge in [-0.1, -0.05) is 11.6 Å². The van der Waals surface area contributed by atoms with Gasteiger partial charge in [0, 0.05) is 6.07 Å². The Balaban J connectivity index is 3.18. The molecule has 0 spiro atoms. The van der Waals surface area contributed by atoms with Gasteiger partial charge < -0.3 is 19.7 Å². The van der Waals surface area contributed by atoms with Gasteiger partial charge in [0.15, 0.2) is 5.92 Å². The summed E-state index contributed by atoms with van der Waals surface area (Å²) in [6.07, 6.45) is -0.253. The first-order chi connectivity index (χ1) is 8.90. The fourth-order valence-electron chi connectivity index (χ4n) is 1.54. The van der Waals surface area contributed by atoms with Crippen LogP contribution in [0, 0.1) is 5.92 Å². The number of carboxylic acid groups (broad SMARTS) is 2. The van der Waals surface area contributed by atoms with E-state index in [0.29, 0.717) is 17.1 Å². The summed E-state index contributed by atoms with van der Waals surface area (Å²) < 4.78 is 10.0. The lowest BCUT2D eigenvalue weighted by molar-refractivity contribution is -0.154. The third-order valence-electron chi connectivity index (χ3n) is 2.56. The maximum absolute atomic E-state index is 10.9. The van der Waals surface area contributed by atoms with Crippen LogP contribution in [0.4, 0.5) is 0 Å². The SMILES string of the molecule is COc1cc(CC(C(=O)O)C(=O)O)c(Cl)c(OC)c1. The van der Waals surface area contributed by atoms with Crippen molar-refractivity contribution in [1.29, 1.82) is 0 Å². The van der Waals surface area contributed by atoms with Crippen LogP contribution in [0.25, 0.3) is 0 Å². The number of methoxy groups -OCH3 is 2. The van der Waals surface area contributed by atoms with Crippen molar-refractivity contribution < 1.29 is 29.3 Å². The summed E-state index contributed by atoms with van der Waals surface area (Å²) in [5.41, 5.74) is 0.340. The first-order valence-electron chi connectivity index (χ1n) is 5.26. The van der Waals surface area contributed by atoms with Crippen LogP contribution in [0.15, 0.2) is 12.1 Å². The smallest absolute Gasteiger partial charge is 0.318 e. The minimum absolute atomic E-state index is 0.177. The fourth-order valence-corrected chi connectivity index (χ4v) is 1.81. The van der Waals surface area contributed by atoms with Gasteiger partial charge in [-0.25, -0.2) is 0 Å². The van der Waals surface area contributed by atoms with Crippen molar-refractivity contribution in [3.63, 3.8) is 0 Å². The Bertz CT molecular complexity index is 485. The van der Waals surface area contributed by atoms with Crippen molar-refractivity contribution in [3.8, 4) is 11.5 Å². The van der Waals surface area contributed by atoms with Crippen molar-refractivity contribution in [1.82, 2.24) is 0 Å². The molecule has 0 bridgehead atoms. The topological polar surface area (TPSA) is 93.1 Å². The monoisotopic (exact) mass is 288 g/mol. The molecule has 0 aliphatic carbocycles. The number of halogens is 1. The Kier molecular flexibility index (Phi) is 5.00. The zero-order valence-corrected chi connectivity index (χ0v) is 11.1. The fraction of sp³-hybridized carbons (Fsp3) is 0.333. The molecule has 0 atom stereocenters. The zero-order valence-electron chi connectivity index (χ0n) is 10.3. The van der Waals surface area contributed by atoms with E-state index in [0.717, 1.165) is 0 Å². The van der Waals surface area contributed by atoms with Crippen LogP contribution < -0.4 is 9.47 Å². The van der Waals surface area contributed by atoms with Gasteiger partial charge in [0.1, 0.15) is 11.5 Å². The number of ether oxygens (including phenoxy) is 2. The molecule has 19 heavy (non-hydrogen) atoms. The molecule has 1 aromatic carbocycles. The van der Waals surface area contributed by atoms with E-state index in [2.05, 4.69) is 0 Å². The molecule has 6 nitrogen and oxygen atoms in total. The lowest BCUT2D eigenvalue weighted by atomic mass is 9.99. The number of rotatable bonds is 6. The lowest BCUT2D eigenvalue weighted by Crippen LogP contribution is -2.25. The quantitative estimate of drug-likeness (QED) is 0.774. The van der Waals surface area contributed by atoms with Crippen molar-refractivity contribution in [2.45, 2.75) is 6.42 Å². The zero-order chi connectivity index (χ0) is 14.6. The average Bonchev–Trinajstić information content (AvgIpc) is 2.36. The second-order valence-electron chi connectivity index (χ2n) is 3.74. The molecule has 0 saturated heterocycles. The molecule has 0 aliphatic rings. The third kappa shape index (κ3) is 3.51. The number of hydrogen-bond donors (Lipinski definition) is 2. The number of carboxylic acids is 2. The Hall–Kier alpha value is -1.95. The lowest BCUT2D eigenvalue weighted by Gasteiger charge is -2.13. The van der Waals surface area contributed by atoms with E-state index < -0.39 is 17.9 Å². The van der Waals surface area contributed by atoms with Gasteiger partial charge in [0.05, 0.1) is 19.2 Å². The predicted octanol–water partition coefficient (Wildman–Crippen LogP) is 1.69. The van der Waals surface area contributed by atoms with E-state index in [-0.39, 0.29) is 11.4 Å². The van der Waals surface area contributed by atoms with Gasteiger partial charge in [-0.3, -0.25) is 9.59 Å². The molecule has 0 amide bonds. The number of benzene rings is 1. The van der Waals surface area contributed by atoms with Crippen molar-refractivity contribution in [3.05, 3.63) is 22.7 Å². The number of carbonyl (C=O) groups is 2. The summed E-state index contributed by atoms with van der Waals surface area (Å²) >= 11 is 6.02. The molecule has 1 rings (SSSR count). The molecule has 0 fully saturated rings. The largest absolute Gasteiger partial charge is 0.497 e. The molecule has 7 heteroatoms. The van der Waals surface area contributed by atoms with E-state index in [4.69, 9.17) is 31.3 Å². The Morgan fingerprint density at radius 2 is 1.79 bits per heavy atom. The summed E-state index contributed by atoms with van der Waals surface area (Å²) in [5.74, 6) is -3.72. The van der Waals surface area contributed by atoms with Gasteiger partial charge >= 0.3 is 11.9 Å². The maximum atomic E-state index is 10.9. The molecule has 0 aromatic heterocycles. The number of aliphatic carboxylic acids is 2. The van der Waals surface area contributed by atoms with Crippen LogP contribution in [0.2, 0.25) is 5.02 Å². The predicted molar refractivity (Wildman–Crippen MR) is 67.0 cm³/mol. The molecule has 1 aromatic rings. The highest BCUT2D eigenvalue weighted by Gasteiger charge is 2.27. The van der Waals surface area contributed by atoms with Crippen LogP contribution in [-0.2, 0) is 16.0 Å². The average molecular weight is 289 g/mol. The Labute approximate surface area is 114 Å². The Morgan fingerprint density at radius 3 is 2.21 bits per heavy atom. The molecule has 0 radical (unpaired) electrons. The highest BCUT2D eigenvalue weighted by molar-refractivity contribution is 6.33. The third-order valence-corrected chi connectivity index (χ3v) is 2.99. The van der Waals surface area contributed by atoms with Gasteiger partial charge in [-0.15, -0.1) is 0 Å². The normalized spacial score (nSPS) is 10.3. The number of hydrogen-bond acceptors (Lipinski definition) is 4. The van der Waals surface area contributed by atoms with Gasteiger partial charge in [-0.05, 0) is 18.1 Å². The van der Waals surface area contributed by atoms with Gasteiger partial charge in [0.2, 0.25) is 0 Å². The van der Waals surface area contributed by atoms with Crippen molar-refractivity contribution in [2.75, 3.05) is 14.2 Å². The minimum Gasteiger partial charge on any atom is -0.497 e. The summed E-state index contributed by atoms with van der Waals surface area (Å²) in [5, 5.41) is 17.9. The van der Waals surface area contributed by atoms with E-state index in [1.807, 2.05) is 0 Å². The standard InChI is InChI=1S/C12H13ClO6/c1-18-7-3-6(10(13)9(5-7)19-2)4-8(11(14)15)12(16)17/h3,5,8H,4H2,1-2H3,(H,14,15)(H,16,17). The van der Waals surface area contributed by atoms with E-state index in [9.17, 15) is 9.59 Å². The summed E-state index contributed by atoms with van der Waals surface area (Å²) in [6.45, 7) is 0. The van der Waals surface area contributed by atoms with Gasteiger partial charge in [-0.2, -0.15) is 0 Å². The summed E-state index contributed by atoms with van der Waals surface area (Å²) in [4.78, 5) is 21.8. The first kappa shape index (κ1) is 15.1. The van der Waals surface area contributed by atoms with Crippen LogP contribution in [0.1, 0.15) is 5.56 Å². The van der Waals surface area contributed by atoms with Gasteiger partial charge in [0.25, 0.3) is 0 Å². The van der Waals surface area contributed by atoms with E-state index in [1.165, 1.54) is 26.4 Å². The highest BCUT2D eigenvalue weighted by Crippen LogP contribution is 2.34. The second kappa shape index (κ2) is 6.29. The van der Waals surface area contributed by atoms with E-state index in [1.54, 1.807) is 0 Å². The highest BCUT2D eigenvalue weighted by atomic mass is 35.5. The van der Waals surface area contributed by atoms with Crippen LogP contribution in [-0.4, -0.2) is 36.4 Å². The van der Waals surface area contributed by atoms with Crippen molar-refractivity contribution in [2.24, 2.45) is 5.92 Å². The molecular formula is C12H13ClO6. The van der Waals surface area contributed by atoms with Crippen LogP contribution in [0.3, 0.4) is 0 Å².